The van der Waals surface area contributed by atoms with Gasteiger partial charge in [0.15, 0.2) is 0 Å². The Labute approximate surface area is 68.3 Å². The molecule has 0 rings (SSSR count). The van der Waals surface area contributed by atoms with Gasteiger partial charge in [0.05, 0.1) is 0 Å². The first-order chi connectivity index (χ1) is 4.81. The maximum Gasteiger partial charge on any atom is 0.0275 e. The van der Waals surface area contributed by atoms with Gasteiger partial charge < -0.3 is 5.41 Å². The van der Waals surface area contributed by atoms with Crippen LogP contribution in [0.15, 0.2) is 0 Å². The molecule has 0 aliphatic carbocycles. The molecule has 0 amide bonds. The zero-order chi connectivity index (χ0) is 7.82. The van der Waals surface area contributed by atoms with Crippen LogP contribution in [0.25, 0.3) is 0 Å². The highest BCUT2D eigenvalue weighted by Crippen LogP contribution is 2.02. The largest absolute Gasteiger partial charge is 0.310 e. The molecule has 0 fully saturated rings. The van der Waals surface area contributed by atoms with Crippen molar-refractivity contribution in [3.8, 4) is 0 Å². The lowest BCUT2D eigenvalue weighted by molar-refractivity contribution is 0.736. The standard InChI is InChI=1S/C8H16ClN/c1-2-3-4-5-8(10)6-7-9/h10H,2-7H2,1H3. The van der Waals surface area contributed by atoms with Crippen LogP contribution in [0.3, 0.4) is 0 Å². The van der Waals surface area contributed by atoms with Crippen LogP contribution in [-0.4, -0.2) is 11.6 Å². The lowest BCUT2D eigenvalue weighted by Crippen LogP contribution is -1.96. The molecule has 0 aliphatic rings. The SMILES string of the molecule is CCCCCC(=N)CCCl. The highest BCUT2D eigenvalue weighted by atomic mass is 35.5. The van der Waals surface area contributed by atoms with E-state index >= 15 is 0 Å². The van der Waals surface area contributed by atoms with Gasteiger partial charge in [-0.05, 0) is 19.3 Å². The minimum absolute atomic E-state index is 0.602. The zero-order valence-electron chi connectivity index (χ0n) is 6.62. The van der Waals surface area contributed by atoms with Crippen LogP contribution >= 0.6 is 11.6 Å². The molecule has 1 N–H and O–H groups in total. The van der Waals surface area contributed by atoms with Crippen molar-refractivity contribution in [3.63, 3.8) is 0 Å². The van der Waals surface area contributed by atoms with Crippen LogP contribution in [0.2, 0.25) is 0 Å². The average Bonchev–Trinajstić information content (AvgIpc) is 1.89. The second-order valence-corrected chi connectivity index (χ2v) is 2.88. The summed E-state index contributed by atoms with van der Waals surface area (Å²) in [5.41, 5.74) is 0.809. The number of nitrogens with one attached hydrogen (secondary N) is 1. The molecule has 0 heterocycles. The van der Waals surface area contributed by atoms with Crippen molar-refractivity contribution in [1.29, 1.82) is 5.41 Å². The van der Waals surface area contributed by atoms with E-state index in [4.69, 9.17) is 17.0 Å². The fraction of sp³-hybridized carbons (Fsp3) is 0.875. The van der Waals surface area contributed by atoms with Gasteiger partial charge in [-0.2, -0.15) is 0 Å². The maximum atomic E-state index is 7.38. The Morgan fingerprint density at radius 1 is 1.30 bits per heavy atom. The molecular weight excluding hydrogens is 146 g/mol. The highest BCUT2D eigenvalue weighted by Gasteiger charge is 1.94. The zero-order valence-corrected chi connectivity index (χ0v) is 7.38. The lowest BCUT2D eigenvalue weighted by Gasteiger charge is -1.98. The van der Waals surface area contributed by atoms with E-state index in [1.807, 2.05) is 0 Å². The van der Waals surface area contributed by atoms with Crippen LogP contribution in [0, 0.1) is 5.41 Å². The number of halogens is 1. The third-order valence-corrected chi connectivity index (χ3v) is 1.67. The summed E-state index contributed by atoms with van der Waals surface area (Å²) in [5, 5.41) is 7.38. The molecule has 1 nitrogen and oxygen atoms in total. The van der Waals surface area contributed by atoms with Crippen molar-refractivity contribution in [2.45, 2.75) is 39.0 Å². The molecule has 0 unspecified atom stereocenters. The number of hydrogen-bond donors (Lipinski definition) is 1. The number of unbranched alkanes of at least 4 members (excludes halogenated alkanes) is 2. The van der Waals surface area contributed by atoms with Gasteiger partial charge in [-0.3, -0.25) is 0 Å². The maximum absolute atomic E-state index is 7.38. The van der Waals surface area contributed by atoms with Crippen LogP contribution < -0.4 is 0 Å². The van der Waals surface area contributed by atoms with E-state index in [0.29, 0.717) is 5.88 Å². The molecule has 0 aromatic heterocycles. The molecule has 0 spiro atoms. The Kier molecular flexibility index (Phi) is 7.04. The van der Waals surface area contributed by atoms with Crippen molar-refractivity contribution >= 4 is 17.3 Å². The van der Waals surface area contributed by atoms with E-state index in [9.17, 15) is 0 Å². The summed E-state index contributed by atoms with van der Waals surface area (Å²) in [5.74, 6) is 0.602. The summed E-state index contributed by atoms with van der Waals surface area (Å²) >= 11 is 5.47. The highest BCUT2D eigenvalue weighted by molar-refractivity contribution is 6.19. The molecule has 0 bridgehead atoms. The van der Waals surface area contributed by atoms with Crippen molar-refractivity contribution < 1.29 is 0 Å². The van der Waals surface area contributed by atoms with Crippen molar-refractivity contribution in [2.75, 3.05) is 5.88 Å². The quantitative estimate of drug-likeness (QED) is 0.352. The van der Waals surface area contributed by atoms with Gasteiger partial charge in [0, 0.05) is 11.6 Å². The first-order valence-electron chi connectivity index (χ1n) is 3.93. The van der Waals surface area contributed by atoms with Gasteiger partial charge in [0.1, 0.15) is 0 Å². The summed E-state index contributed by atoms with van der Waals surface area (Å²) < 4.78 is 0. The molecule has 0 aromatic carbocycles. The van der Waals surface area contributed by atoms with E-state index in [-0.39, 0.29) is 0 Å². The molecule has 0 radical (unpaired) electrons. The Morgan fingerprint density at radius 3 is 2.50 bits per heavy atom. The molecule has 0 saturated carbocycles. The van der Waals surface area contributed by atoms with Gasteiger partial charge in [0.2, 0.25) is 0 Å². The van der Waals surface area contributed by atoms with E-state index < -0.39 is 0 Å². The van der Waals surface area contributed by atoms with Gasteiger partial charge >= 0.3 is 0 Å². The van der Waals surface area contributed by atoms with Crippen molar-refractivity contribution in [2.24, 2.45) is 0 Å². The third kappa shape index (κ3) is 6.09. The number of alkyl halides is 1. The molecule has 60 valence electrons. The summed E-state index contributed by atoms with van der Waals surface area (Å²) in [7, 11) is 0. The van der Waals surface area contributed by atoms with Gasteiger partial charge in [0.25, 0.3) is 0 Å². The summed E-state index contributed by atoms with van der Waals surface area (Å²) in [6.07, 6.45) is 5.34. The molecule has 0 atom stereocenters. The second kappa shape index (κ2) is 7.07. The van der Waals surface area contributed by atoms with Crippen LogP contribution in [0.1, 0.15) is 39.0 Å². The number of hydrogen-bond acceptors (Lipinski definition) is 1. The van der Waals surface area contributed by atoms with Crippen LogP contribution in [-0.2, 0) is 0 Å². The van der Waals surface area contributed by atoms with Gasteiger partial charge in [-0.15, -0.1) is 11.6 Å². The Morgan fingerprint density at radius 2 is 2.00 bits per heavy atom. The van der Waals surface area contributed by atoms with Crippen LogP contribution in [0.4, 0.5) is 0 Å². The topological polar surface area (TPSA) is 23.9 Å². The fourth-order valence-corrected chi connectivity index (χ4v) is 1.06. The summed E-state index contributed by atoms with van der Waals surface area (Å²) in [6, 6.07) is 0. The molecule has 0 aliphatic heterocycles. The fourth-order valence-electron chi connectivity index (χ4n) is 0.827. The average molecular weight is 162 g/mol. The van der Waals surface area contributed by atoms with E-state index in [0.717, 1.165) is 25.0 Å². The minimum atomic E-state index is 0.602. The first-order valence-corrected chi connectivity index (χ1v) is 4.47. The Hall–Kier alpha value is -0.0400. The summed E-state index contributed by atoms with van der Waals surface area (Å²) in [4.78, 5) is 0. The summed E-state index contributed by atoms with van der Waals surface area (Å²) in [6.45, 7) is 2.17. The molecule has 0 aromatic rings. The van der Waals surface area contributed by atoms with E-state index in [1.54, 1.807) is 0 Å². The molecule has 10 heavy (non-hydrogen) atoms. The minimum Gasteiger partial charge on any atom is -0.310 e. The van der Waals surface area contributed by atoms with Crippen LogP contribution in [0.5, 0.6) is 0 Å². The predicted octanol–water partition coefficient (Wildman–Crippen LogP) is 3.22. The lowest BCUT2D eigenvalue weighted by atomic mass is 10.1. The van der Waals surface area contributed by atoms with Gasteiger partial charge in [-0.1, -0.05) is 19.8 Å². The van der Waals surface area contributed by atoms with Crippen molar-refractivity contribution in [1.82, 2.24) is 0 Å². The Balaban J connectivity index is 3.05. The number of rotatable bonds is 6. The van der Waals surface area contributed by atoms with E-state index in [1.165, 1.54) is 12.8 Å². The Bertz CT molecular complexity index is 91.3. The molecule has 2 heteroatoms. The normalized spacial score (nSPS) is 9.80. The molecular formula is C8H16ClN. The third-order valence-electron chi connectivity index (χ3n) is 1.48. The van der Waals surface area contributed by atoms with Crippen molar-refractivity contribution in [3.05, 3.63) is 0 Å². The first kappa shape index (κ1) is 9.96. The van der Waals surface area contributed by atoms with Gasteiger partial charge in [-0.25, -0.2) is 0 Å². The predicted molar refractivity (Wildman–Crippen MR) is 47.2 cm³/mol. The van der Waals surface area contributed by atoms with E-state index in [2.05, 4.69) is 6.92 Å². The molecule has 0 saturated heterocycles. The second-order valence-electron chi connectivity index (χ2n) is 2.50. The monoisotopic (exact) mass is 161 g/mol. The smallest absolute Gasteiger partial charge is 0.0275 e.